The Morgan fingerprint density at radius 3 is 2.76 bits per heavy atom. The number of nitrogens with zero attached hydrogens (tertiary/aromatic N) is 1. The number of halogens is 1. The number of benzene rings is 1. The molecule has 0 aliphatic heterocycles. The molecule has 0 spiro atoms. The van der Waals surface area contributed by atoms with Gasteiger partial charge in [0, 0.05) is 11.6 Å². The third-order valence-electron chi connectivity index (χ3n) is 3.70. The molecule has 1 aromatic carbocycles. The highest BCUT2D eigenvalue weighted by Gasteiger charge is 2.24. The Hall–Kier alpha value is -1.66. The average Bonchev–Trinajstić information content (AvgIpc) is 2.64. The van der Waals surface area contributed by atoms with Crippen molar-refractivity contribution < 1.29 is 14.8 Å². The Balaban J connectivity index is 2.12. The van der Waals surface area contributed by atoms with Crippen LogP contribution in [0.5, 0.6) is 0 Å². The smallest absolute Gasteiger partial charge is 0.288 e. The molecule has 2 atom stereocenters. The molecule has 21 heavy (non-hydrogen) atoms. The van der Waals surface area contributed by atoms with E-state index in [1.165, 1.54) is 12.1 Å². The van der Waals surface area contributed by atoms with E-state index in [-0.39, 0.29) is 22.3 Å². The maximum atomic E-state index is 12.2. The van der Waals surface area contributed by atoms with E-state index in [4.69, 9.17) is 11.6 Å². The molecule has 0 saturated heterocycles. The Labute approximate surface area is 127 Å². The van der Waals surface area contributed by atoms with Crippen molar-refractivity contribution in [2.75, 3.05) is 0 Å². The van der Waals surface area contributed by atoms with Crippen molar-refractivity contribution in [2.24, 2.45) is 0 Å². The van der Waals surface area contributed by atoms with Gasteiger partial charge >= 0.3 is 0 Å². The SMILES string of the molecule is O=C(NC1CCCCCC1O)c1ccc(Cl)c([N+](=O)[O-])c1. The summed E-state index contributed by atoms with van der Waals surface area (Å²) in [5, 5.41) is 23.6. The summed E-state index contributed by atoms with van der Waals surface area (Å²) in [6.07, 6.45) is 3.73. The van der Waals surface area contributed by atoms with Crippen LogP contribution in [0.25, 0.3) is 0 Å². The van der Waals surface area contributed by atoms with E-state index in [1.807, 2.05) is 0 Å². The summed E-state index contributed by atoms with van der Waals surface area (Å²) in [7, 11) is 0. The Kier molecular flexibility index (Phi) is 5.14. The highest BCUT2D eigenvalue weighted by atomic mass is 35.5. The van der Waals surface area contributed by atoms with Gasteiger partial charge in [0.15, 0.2) is 0 Å². The molecule has 1 aliphatic rings. The van der Waals surface area contributed by atoms with Crippen LogP contribution < -0.4 is 5.32 Å². The van der Waals surface area contributed by atoms with Crippen LogP contribution in [-0.4, -0.2) is 28.1 Å². The first-order valence-corrected chi connectivity index (χ1v) is 7.29. The van der Waals surface area contributed by atoms with Crippen LogP contribution in [0.1, 0.15) is 42.5 Å². The van der Waals surface area contributed by atoms with Gasteiger partial charge in [0.2, 0.25) is 0 Å². The fourth-order valence-corrected chi connectivity index (χ4v) is 2.69. The summed E-state index contributed by atoms with van der Waals surface area (Å²) in [5.74, 6) is -0.430. The lowest BCUT2D eigenvalue weighted by molar-refractivity contribution is -0.384. The largest absolute Gasteiger partial charge is 0.391 e. The summed E-state index contributed by atoms with van der Waals surface area (Å²) >= 11 is 5.72. The zero-order chi connectivity index (χ0) is 15.4. The van der Waals surface area contributed by atoms with Crippen molar-refractivity contribution in [3.05, 3.63) is 38.9 Å². The number of carbonyl (C=O) groups is 1. The Bertz CT molecular complexity index is 550. The normalized spacial score (nSPS) is 22.4. The van der Waals surface area contributed by atoms with Crippen LogP contribution in [0.3, 0.4) is 0 Å². The van der Waals surface area contributed by atoms with E-state index in [2.05, 4.69) is 5.32 Å². The minimum atomic E-state index is -0.625. The van der Waals surface area contributed by atoms with Gasteiger partial charge in [-0.05, 0) is 25.0 Å². The van der Waals surface area contributed by atoms with Gasteiger partial charge in [0.25, 0.3) is 11.6 Å². The summed E-state index contributed by atoms with van der Waals surface area (Å²) < 4.78 is 0. The second-order valence-electron chi connectivity index (χ2n) is 5.21. The molecule has 0 radical (unpaired) electrons. The fraction of sp³-hybridized carbons (Fsp3) is 0.500. The predicted octanol–water partition coefficient (Wildman–Crippen LogP) is 2.67. The number of aliphatic hydroxyl groups excluding tert-OH is 1. The van der Waals surface area contributed by atoms with Crippen LogP contribution in [0.15, 0.2) is 18.2 Å². The quantitative estimate of drug-likeness (QED) is 0.510. The second kappa shape index (κ2) is 6.87. The van der Waals surface area contributed by atoms with Gasteiger partial charge in [-0.25, -0.2) is 0 Å². The van der Waals surface area contributed by atoms with Crippen molar-refractivity contribution in [3.63, 3.8) is 0 Å². The number of nitro benzene ring substituents is 1. The number of nitrogens with one attached hydrogen (secondary N) is 1. The Morgan fingerprint density at radius 1 is 1.33 bits per heavy atom. The fourth-order valence-electron chi connectivity index (χ4n) is 2.50. The van der Waals surface area contributed by atoms with Gasteiger partial charge < -0.3 is 10.4 Å². The second-order valence-corrected chi connectivity index (χ2v) is 5.62. The minimum absolute atomic E-state index is 0.00829. The molecule has 1 saturated carbocycles. The number of hydrogen-bond acceptors (Lipinski definition) is 4. The molecule has 7 heteroatoms. The molecule has 0 aromatic heterocycles. The van der Waals surface area contributed by atoms with Crippen molar-refractivity contribution in [1.29, 1.82) is 0 Å². The van der Waals surface area contributed by atoms with Crippen molar-refractivity contribution in [3.8, 4) is 0 Å². The molecule has 0 bridgehead atoms. The van der Waals surface area contributed by atoms with Crippen LogP contribution in [0.4, 0.5) is 5.69 Å². The van der Waals surface area contributed by atoms with Gasteiger partial charge in [-0.2, -0.15) is 0 Å². The maximum absolute atomic E-state index is 12.2. The average molecular weight is 313 g/mol. The predicted molar refractivity (Wildman–Crippen MR) is 78.5 cm³/mol. The van der Waals surface area contributed by atoms with E-state index in [9.17, 15) is 20.0 Å². The van der Waals surface area contributed by atoms with Gasteiger partial charge in [-0.15, -0.1) is 0 Å². The van der Waals surface area contributed by atoms with E-state index in [0.29, 0.717) is 12.8 Å². The molecule has 0 heterocycles. The third-order valence-corrected chi connectivity index (χ3v) is 4.02. The van der Waals surface area contributed by atoms with Crippen LogP contribution in [0, 0.1) is 10.1 Å². The molecule has 1 aliphatic carbocycles. The molecule has 2 unspecified atom stereocenters. The molecule has 6 nitrogen and oxygen atoms in total. The van der Waals surface area contributed by atoms with Gasteiger partial charge in [-0.3, -0.25) is 14.9 Å². The molecular weight excluding hydrogens is 296 g/mol. The summed E-state index contributed by atoms with van der Waals surface area (Å²) in [4.78, 5) is 22.4. The summed E-state index contributed by atoms with van der Waals surface area (Å²) in [6, 6.07) is 3.61. The summed E-state index contributed by atoms with van der Waals surface area (Å²) in [6.45, 7) is 0. The minimum Gasteiger partial charge on any atom is -0.391 e. The zero-order valence-corrected chi connectivity index (χ0v) is 12.2. The van der Waals surface area contributed by atoms with Crippen molar-refractivity contribution >= 4 is 23.2 Å². The lowest BCUT2D eigenvalue weighted by Gasteiger charge is -2.21. The topological polar surface area (TPSA) is 92.5 Å². The monoisotopic (exact) mass is 312 g/mol. The number of hydrogen-bond donors (Lipinski definition) is 2. The van der Waals surface area contributed by atoms with Gasteiger partial charge in [-0.1, -0.05) is 30.9 Å². The van der Waals surface area contributed by atoms with Crippen LogP contribution >= 0.6 is 11.6 Å². The van der Waals surface area contributed by atoms with Crippen LogP contribution in [0.2, 0.25) is 5.02 Å². The standard InChI is InChI=1S/C14H17ClN2O4/c15-10-7-6-9(8-12(10)17(20)21)14(19)16-11-4-2-1-3-5-13(11)18/h6-8,11,13,18H,1-5H2,(H,16,19). The molecule has 2 rings (SSSR count). The highest BCUT2D eigenvalue weighted by Crippen LogP contribution is 2.25. The number of nitro groups is 1. The van der Waals surface area contributed by atoms with Crippen molar-refractivity contribution in [1.82, 2.24) is 5.32 Å². The lowest BCUT2D eigenvalue weighted by atomic mass is 10.1. The molecule has 114 valence electrons. The molecule has 1 amide bonds. The number of aliphatic hydroxyl groups is 1. The molecule has 1 aromatic rings. The van der Waals surface area contributed by atoms with Gasteiger partial charge in [0.1, 0.15) is 5.02 Å². The van der Waals surface area contributed by atoms with Crippen LogP contribution in [-0.2, 0) is 0 Å². The molecular formula is C14H17ClN2O4. The van der Waals surface area contributed by atoms with E-state index < -0.39 is 16.9 Å². The lowest BCUT2D eigenvalue weighted by Crippen LogP contribution is -2.42. The first-order valence-electron chi connectivity index (χ1n) is 6.92. The molecule has 1 fully saturated rings. The Morgan fingerprint density at radius 2 is 2.05 bits per heavy atom. The van der Waals surface area contributed by atoms with E-state index in [0.717, 1.165) is 25.3 Å². The first kappa shape index (κ1) is 15.7. The number of rotatable bonds is 3. The van der Waals surface area contributed by atoms with E-state index in [1.54, 1.807) is 0 Å². The maximum Gasteiger partial charge on any atom is 0.288 e. The first-order chi connectivity index (χ1) is 9.99. The number of amides is 1. The summed E-state index contributed by atoms with van der Waals surface area (Å²) in [5.41, 5.74) is -0.131. The molecule has 2 N–H and O–H groups in total. The number of carbonyl (C=O) groups excluding carboxylic acids is 1. The van der Waals surface area contributed by atoms with Crippen molar-refractivity contribution in [2.45, 2.75) is 44.2 Å². The third kappa shape index (κ3) is 3.92. The van der Waals surface area contributed by atoms with E-state index >= 15 is 0 Å². The zero-order valence-electron chi connectivity index (χ0n) is 11.4. The highest BCUT2D eigenvalue weighted by molar-refractivity contribution is 6.32. The van der Waals surface area contributed by atoms with Gasteiger partial charge in [0.05, 0.1) is 17.1 Å².